The number of nitrogens with zero attached hydrogens (tertiary/aromatic N) is 1. The number of hydrogen-bond acceptors (Lipinski definition) is 2. The van der Waals surface area contributed by atoms with E-state index in [1.807, 2.05) is 37.3 Å². The largest absolute Gasteiger partial charge is 0.325 e. The van der Waals surface area contributed by atoms with Crippen LogP contribution in [0.2, 0.25) is 0 Å². The smallest absolute Gasteiger partial charge is 0.227 e. The van der Waals surface area contributed by atoms with Crippen molar-refractivity contribution in [3.63, 3.8) is 0 Å². The third kappa shape index (κ3) is 2.46. The van der Waals surface area contributed by atoms with Crippen LogP contribution in [0.1, 0.15) is 31.4 Å². The third-order valence-electron chi connectivity index (χ3n) is 3.85. The van der Waals surface area contributed by atoms with Gasteiger partial charge in [-0.15, -0.1) is 0 Å². The van der Waals surface area contributed by atoms with Crippen molar-refractivity contribution in [2.75, 3.05) is 5.32 Å². The summed E-state index contributed by atoms with van der Waals surface area (Å²) in [7, 11) is 0. The van der Waals surface area contributed by atoms with Crippen LogP contribution in [0, 0.1) is 12.8 Å². The van der Waals surface area contributed by atoms with E-state index in [1.165, 1.54) is 12.8 Å². The van der Waals surface area contributed by atoms with E-state index in [-0.39, 0.29) is 11.8 Å². The second-order valence-electron chi connectivity index (χ2n) is 5.30. The van der Waals surface area contributed by atoms with E-state index in [0.29, 0.717) is 0 Å². The summed E-state index contributed by atoms with van der Waals surface area (Å²) in [5.41, 5.74) is 2.80. The highest BCUT2D eigenvalue weighted by Crippen LogP contribution is 2.28. The van der Waals surface area contributed by atoms with Gasteiger partial charge in [0, 0.05) is 17.0 Å². The number of carbonyl (C=O) groups excluding carboxylic acids is 1. The summed E-state index contributed by atoms with van der Waals surface area (Å²) in [6.07, 6.45) is 4.39. The molecule has 1 aliphatic carbocycles. The summed E-state index contributed by atoms with van der Waals surface area (Å²) in [6, 6.07) is 9.88. The fraction of sp³-hybridized carbons (Fsp3) is 0.375. The minimum Gasteiger partial charge on any atom is -0.325 e. The quantitative estimate of drug-likeness (QED) is 0.888. The Balaban J connectivity index is 1.90. The number of benzene rings is 1. The lowest BCUT2D eigenvalue weighted by Crippen LogP contribution is -2.20. The number of pyridine rings is 1. The molecule has 1 aromatic carbocycles. The number of hydrogen-bond donors (Lipinski definition) is 1. The number of rotatable bonds is 2. The summed E-state index contributed by atoms with van der Waals surface area (Å²) in [6.45, 7) is 1.98. The molecule has 3 rings (SSSR count). The number of aryl methyl sites for hydroxylation is 1. The van der Waals surface area contributed by atoms with Crippen LogP contribution < -0.4 is 5.32 Å². The molecule has 1 aromatic heterocycles. The van der Waals surface area contributed by atoms with E-state index >= 15 is 0 Å². The zero-order chi connectivity index (χ0) is 13.2. The molecular weight excluding hydrogens is 236 g/mol. The molecule has 3 heteroatoms. The Morgan fingerprint density at radius 2 is 2.00 bits per heavy atom. The number of carbonyl (C=O) groups is 1. The maximum absolute atomic E-state index is 12.2. The van der Waals surface area contributed by atoms with Gasteiger partial charge in [-0.25, -0.2) is 0 Å². The summed E-state index contributed by atoms with van der Waals surface area (Å²) in [5.74, 6) is 0.347. The summed E-state index contributed by atoms with van der Waals surface area (Å²) in [5, 5.41) is 4.08. The van der Waals surface area contributed by atoms with E-state index in [9.17, 15) is 4.79 Å². The normalized spacial score (nSPS) is 15.8. The first-order valence-corrected chi connectivity index (χ1v) is 6.91. The molecule has 0 atom stereocenters. The molecule has 1 saturated carbocycles. The Kier molecular flexibility index (Phi) is 3.20. The van der Waals surface area contributed by atoms with Crippen LogP contribution in [0.4, 0.5) is 5.69 Å². The first kappa shape index (κ1) is 12.2. The Morgan fingerprint density at radius 3 is 2.79 bits per heavy atom. The van der Waals surface area contributed by atoms with Crippen molar-refractivity contribution in [2.45, 2.75) is 32.6 Å². The van der Waals surface area contributed by atoms with Gasteiger partial charge in [-0.3, -0.25) is 9.78 Å². The maximum atomic E-state index is 12.2. The molecule has 0 bridgehead atoms. The van der Waals surface area contributed by atoms with Crippen molar-refractivity contribution in [3.05, 3.63) is 36.0 Å². The minimum absolute atomic E-state index is 0.158. The number of aromatic nitrogens is 1. The predicted octanol–water partition coefficient (Wildman–Crippen LogP) is 3.67. The van der Waals surface area contributed by atoms with Crippen molar-refractivity contribution in [2.24, 2.45) is 5.92 Å². The highest BCUT2D eigenvalue weighted by atomic mass is 16.1. The van der Waals surface area contributed by atoms with Crippen molar-refractivity contribution in [1.29, 1.82) is 0 Å². The second kappa shape index (κ2) is 5.00. The zero-order valence-electron chi connectivity index (χ0n) is 11.1. The van der Waals surface area contributed by atoms with E-state index in [1.54, 1.807) is 0 Å². The van der Waals surface area contributed by atoms with Gasteiger partial charge in [0.15, 0.2) is 0 Å². The predicted molar refractivity (Wildman–Crippen MR) is 77.1 cm³/mol. The SMILES string of the molecule is Cc1ccc2c(NC(=O)C3CCCC3)cccc2n1. The van der Waals surface area contributed by atoms with Crippen LogP contribution in [-0.2, 0) is 4.79 Å². The fourth-order valence-electron chi connectivity index (χ4n) is 2.79. The van der Waals surface area contributed by atoms with Crippen molar-refractivity contribution >= 4 is 22.5 Å². The molecule has 19 heavy (non-hydrogen) atoms. The Labute approximate surface area is 113 Å². The van der Waals surface area contributed by atoms with Gasteiger partial charge >= 0.3 is 0 Å². The molecule has 0 unspecified atom stereocenters. The van der Waals surface area contributed by atoms with Gasteiger partial charge < -0.3 is 5.32 Å². The highest BCUT2D eigenvalue weighted by molar-refractivity contribution is 6.01. The average molecular weight is 254 g/mol. The number of anilines is 1. The lowest BCUT2D eigenvalue weighted by molar-refractivity contribution is -0.119. The van der Waals surface area contributed by atoms with Crippen molar-refractivity contribution in [1.82, 2.24) is 4.98 Å². The standard InChI is InChI=1S/C16H18N2O/c1-11-9-10-13-14(17-11)7-4-8-15(13)18-16(19)12-5-2-3-6-12/h4,7-10,12H,2-3,5-6H2,1H3,(H,18,19). The van der Waals surface area contributed by atoms with Crippen LogP contribution in [0.15, 0.2) is 30.3 Å². The number of amides is 1. The van der Waals surface area contributed by atoms with Gasteiger partial charge in [-0.1, -0.05) is 18.9 Å². The fourth-order valence-corrected chi connectivity index (χ4v) is 2.79. The lowest BCUT2D eigenvalue weighted by Gasteiger charge is -2.12. The highest BCUT2D eigenvalue weighted by Gasteiger charge is 2.22. The topological polar surface area (TPSA) is 42.0 Å². The van der Waals surface area contributed by atoms with Gasteiger partial charge in [0.05, 0.1) is 11.2 Å². The average Bonchev–Trinajstić information content (AvgIpc) is 2.92. The molecule has 1 N–H and O–H groups in total. The van der Waals surface area contributed by atoms with Gasteiger partial charge in [0.2, 0.25) is 5.91 Å². The first-order chi connectivity index (χ1) is 9.24. The molecule has 1 aliphatic rings. The van der Waals surface area contributed by atoms with Gasteiger partial charge in [0.1, 0.15) is 0 Å². The van der Waals surface area contributed by atoms with Crippen LogP contribution >= 0.6 is 0 Å². The number of fused-ring (bicyclic) bond motifs is 1. The van der Waals surface area contributed by atoms with Crippen LogP contribution in [-0.4, -0.2) is 10.9 Å². The molecule has 0 aliphatic heterocycles. The van der Waals surface area contributed by atoms with Gasteiger partial charge in [0.25, 0.3) is 0 Å². The first-order valence-electron chi connectivity index (χ1n) is 6.91. The van der Waals surface area contributed by atoms with Gasteiger partial charge in [-0.05, 0) is 44.0 Å². The third-order valence-corrected chi connectivity index (χ3v) is 3.85. The molecule has 0 saturated heterocycles. The molecule has 1 amide bonds. The van der Waals surface area contributed by atoms with E-state index < -0.39 is 0 Å². The summed E-state index contributed by atoms with van der Waals surface area (Å²) in [4.78, 5) is 16.7. The Bertz CT molecular complexity index is 615. The molecule has 2 aromatic rings. The zero-order valence-corrected chi connectivity index (χ0v) is 11.1. The summed E-state index contributed by atoms with van der Waals surface area (Å²) >= 11 is 0. The molecule has 98 valence electrons. The van der Waals surface area contributed by atoms with Crippen molar-refractivity contribution in [3.8, 4) is 0 Å². The maximum Gasteiger partial charge on any atom is 0.227 e. The minimum atomic E-state index is 0.158. The van der Waals surface area contributed by atoms with E-state index in [4.69, 9.17) is 0 Å². The van der Waals surface area contributed by atoms with Crippen LogP contribution in [0.3, 0.4) is 0 Å². The van der Waals surface area contributed by atoms with Crippen molar-refractivity contribution < 1.29 is 4.79 Å². The second-order valence-corrected chi connectivity index (χ2v) is 5.30. The monoisotopic (exact) mass is 254 g/mol. The molecule has 0 radical (unpaired) electrons. The Hall–Kier alpha value is -1.90. The van der Waals surface area contributed by atoms with Crippen LogP contribution in [0.25, 0.3) is 10.9 Å². The lowest BCUT2D eigenvalue weighted by atomic mass is 10.1. The molecule has 3 nitrogen and oxygen atoms in total. The number of nitrogens with one attached hydrogen (secondary N) is 1. The van der Waals surface area contributed by atoms with E-state index in [2.05, 4.69) is 10.3 Å². The summed E-state index contributed by atoms with van der Waals surface area (Å²) < 4.78 is 0. The molecular formula is C16H18N2O. The van der Waals surface area contributed by atoms with E-state index in [0.717, 1.165) is 35.1 Å². The van der Waals surface area contributed by atoms with Crippen LogP contribution in [0.5, 0.6) is 0 Å². The molecule has 1 heterocycles. The molecule has 1 fully saturated rings. The van der Waals surface area contributed by atoms with Gasteiger partial charge in [-0.2, -0.15) is 0 Å². The Morgan fingerprint density at radius 1 is 1.21 bits per heavy atom. The molecule has 0 spiro atoms.